The molecule has 8 nitrogen and oxygen atoms in total. The van der Waals surface area contributed by atoms with Gasteiger partial charge in [-0.15, -0.1) is 0 Å². The minimum Gasteiger partial charge on any atom is -0.294 e. The predicted octanol–water partition coefficient (Wildman–Crippen LogP) is 11.0. The van der Waals surface area contributed by atoms with E-state index in [1.165, 1.54) is 5.39 Å². The molecule has 0 amide bonds. The molecule has 0 spiro atoms. The quantitative estimate of drug-likeness (QED) is 0.183. The molecule has 6 aromatic heterocycles. The van der Waals surface area contributed by atoms with Crippen LogP contribution in [0.5, 0.6) is 0 Å². The average molecular weight is 711 g/mol. The Balaban J connectivity index is 1.17. The van der Waals surface area contributed by atoms with Gasteiger partial charge >= 0.3 is 0 Å². The first kappa shape index (κ1) is 30.3. The Hall–Kier alpha value is -7.19. The standard InChI is InChI=1S/C47H34N8/c1-47(2,3)43-27-30(52-39-21-11-13-23-41(39)55-37-19-9-6-16-34(37)49-46(52)55)28-44(50-43)53-35-17-7-4-14-31(35)32-25-24-29(26-42(32)53)51-38-20-10-12-22-40(38)54-36-18-8-5-15-33(36)48-45(51)54/h4-28H,1-3H3. The van der Waals surface area contributed by atoms with Gasteiger partial charge in [0, 0.05) is 22.3 Å². The number of rotatable bonds is 3. The zero-order valence-corrected chi connectivity index (χ0v) is 30.5. The number of nitrogens with zero attached hydrogens (tertiary/aromatic N) is 8. The zero-order valence-electron chi connectivity index (χ0n) is 30.5. The Morgan fingerprint density at radius 3 is 1.47 bits per heavy atom. The molecule has 0 saturated carbocycles. The summed E-state index contributed by atoms with van der Waals surface area (Å²) in [5.74, 6) is 2.61. The van der Waals surface area contributed by atoms with E-state index in [1.54, 1.807) is 0 Å². The van der Waals surface area contributed by atoms with Crippen LogP contribution in [0.15, 0.2) is 152 Å². The fraction of sp³-hybridized carbons (Fsp3) is 0.0851. The third-order valence-corrected chi connectivity index (χ3v) is 11.2. The average Bonchev–Trinajstić information content (AvgIpc) is 3.99. The monoisotopic (exact) mass is 710 g/mol. The number of pyridine rings is 1. The summed E-state index contributed by atoms with van der Waals surface area (Å²) in [5, 5.41) is 2.34. The highest BCUT2D eigenvalue weighted by atomic mass is 15.2. The molecule has 0 radical (unpaired) electrons. The molecule has 0 fully saturated rings. The Kier molecular flexibility index (Phi) is 5.89. The van der Waals surface area contributed by atoms with Crippen molar-refractivity contribution in [2.24, 2.45) is 0 Å². The SMILES string of the molecule is CC(C)(C)c1cc(-n2c3ccccc3n3c4ccccc4nc23)cc(-n2c3ccccc3c3ccc(-n4c5ccccc5n5c6ccccc6nc45)cc32)n1. The van der Waals surface area contributed by atoms with Crippen molar-refractivity contribution in [3.8, 4) is 17.2 Å². The van der Waals surface area contributed by atoms with Crippen molar-refractivity contribution >= 4 is 77.5 Å². The van der Waals surface area contributed by atoms with Crippen molar-refractivity contribution in [1.29, 1.82) is 0 Å². The number of para-hydroxylation sites is 9. The number of hydrogen-bond donors (Lipinski definition) is 0. The summed E-state index contributed by atoms with van der Waals surface area (Å²) in [6.07, 6.45) is 0. The first-order chi connectivity index (χ1) is 26.9. The van der Waals surface area contributed by atoms with Gasteiger partial charge in [-0.3, -0.25) is 22.5 Å². The number of benzene rings is 6. The minimum atomic E-state index is -0.230. The van der Waals surface area contributed by atoms with Crippen molar-refractivity contribution in [3.63, 3.8) is 0 Å². The van der Waals surface area contributed by atoms with E-state index in [1.807, 2.05) is 0 Å². The molecule has 55 heavy (non-hydrogen) atoms. The van der Waals surface area contributed by atoms with Gasteiger partial charge in [0.05, 0.1) is 72.2 Å². The van der Waals surface area contributed by atoms with Crippen LogP contribution in [0, 0.1) is 0 Å². The molecule has 0 unspecified atom stereocenters. The van der Waals surface area contributed by atoms with Gasteiger partial charge in [-0.25, -0.2) is 15.0 Å². The lowest BCUT2D eigenvalue weighted by Gasteiger charge is -2.21. The fourth-order valence-corrected chi connectivity index (χ4v) is 8.69. The largest absolute Gasteiger partial charge is 0.294 e. The molecule has 0 N–H and O–H groups in total. The normalized spacial score (nSPS) is 12.6. The number of aromatic nitrogens is 8. The second kappa shape index (κ2) is 10.7. The smallest absolute Gasteiger partial charge is 0.220 e. The van der Waals surface area contributed by atoms with Crippen molar-refractivity contribution in [2.45, 2.75) is 26.2 Å². The predicted molar refractivity (Wildman–Crippen MR) is 223 cm³/mol. The lowest BCUT2D eigenvalue weighted by atomic mass is 9.91. The Morgan fingerprint density at radius 1 is 0.382 bits per heavy atom. The molecule has 0 aliphatic heterocycles. The van der Waals surface area contributed by atoms with Gasteiger partial charge in [0.2, 0.25) is 11.6 Å². The maximum atomic E-state index is 5.48. The lowest BCUT2D eigenvalue weighted by molar-refractivity contribution is 0.567. The molecule has 0 bridgehead atoms. The van der Waals surface area contributed by atoms with Crippen LogP contribution in [-0.4, -0.2) is 37.5 Å². The van der Waals surface area contributed by atoms with Crippen LogP contribution in [0.3, 0.4) is 0 Å². The number of hydrogen-bond acceptors (Lipinski definition) is 3. The maximum Gasteiger partial charge on any atom is 0.220 e. The summed E-state index contributed by atoms with van der Waals surface area (Å²) in [7, 11) is 0. The molecule has 8 heteroatoms. The second-order valence-corrected chi connectivity index (χ2v) is 15.5. The van der Waals surface area contributed by atoms with Crippen LogP contribution in [0.4, 0.5) is 0 Å². The van der Waals surface area contributed by atoms with Crippen LogP contribution >= 0.6 is 0 Å². The van der Waals surface area contributed by atoms with Gasteiger partial charge in [-0.1, -0.05) is 93.6 Å². The fourth-order valence-electron chi connectivity index (χ4n) is 8.69. The van der Waals surface area contributed by atoms with E-state index < -0.39 is 0 Å². The lowest BCUT2D eigenvalue weighted by Crippen LogP contribution is -2.16. The van der Waals surface area contributed by atoms with Crippen molar-refractivity contribution in [2.75, 3.05) is 0 Å². The van der Waals surface area contributed by atoms with Crippen molar-refractivity contribution < 1.29 is 0 Å². The van der Waals surface area contributed by atoms with E-state index >= 15 is 0 Å². The molecule has 12 rings (SSSR count). The van der Waals surface area contributed by atoms with E-state index in [4.69, 9.17) is 15.0 Å². The molecular formula is C47H34N8. The van der Waals surface area contributed by atoms with Gasteiger partial charge in [0.1, 0.15) is 5.82 Å². The van der Waals surface area contributed by atoms with E-state index in [9.17, 15) is 0 Å². The Labute approximate surface area is 314 Å². The van der Waals surface area contributed by atoms with E-state index in [0.717, 1.165) is 95.0 Å². The highest BCUT2D eigenvalue weighted by Gasteiger charge is 2.24. The van der Waals surface area contributed by atoms with Gasteiger partial charge in [0.15, 0.2) is 0 Å². The van der Waals surface area contributed by atoms with Gasteiger partial charge in [-0.2, -0.15) is 0 Å². The Bertz CT molecular complexity index is 3540. The molecule has 0 aliphatic carbocycles. The highest BCUT2D eigenvalue weighted by Crippen LogP contribution is 2.38. The van der Waals surface area contributed by atoms with Crippen LogP contribution in [0.2, 0.25) is 0 Å². The highest BCUT2D eigenvalue weighted by molar-refractivity contribution is 6.10. The van der Waals surface area contributed by atoms with Gasteiger partial charge in [-0.05, 0) is 72.8 Å². The Morgan fingerprint density at radius 2 is 0.873 bits per heavy atom. The van der Waals surface area contributed by atoms with Crippen LogP contribution in [0.1, 0.15) is 26.5 Å². The van der Waals surface area contributed by atoms with Crippen LogP contribution < -0.4 is 0 Å². The second-order valence-electron chi connectivity index (χ2n) is 15.5. The molecule has 0 atom stereocenters. The summed E-state index contributed by atoms with van der Waals surface area (Å²) < 4.78 is 11.5. The molecule has 0 saturated heterocycles. The summed E-state index contributed by atoms with van der Waals surface area (Å²) in [5.41, 5.74) is 13.5. The van der Waals surface area contributed by atoms with Crippen LogP contribution in [-0.2, 0) is 5.41 Å². The van der Waals surface area contributed by atoms with E-state index in [0.29, 0.717) is 0 Å². The number of imidazole rings is 4. The van der Waals surface area contributed by atoms with Gasteiger partial charge in [0.25, 0.3) is 0 Å². The first-order valence-corrected chi connectivity index (χ1v) is 18.7. The topological polar surface area (TPSA) is 62.3 Å². The molecular weight excluding hydrogens is 677 g/mol. The number of fused-ring (bicyclic) bond motifs is 13. The van der Waals surface area contributed by atoms with E-state index in [-0.39, 0.29) is 5.41 Å². The summed E-state index contributed by atoms with van der Waals surface area (Å²) in [4.78, 5) is 15.9. The van der Waals surface area contributed by atoms with Crippen LogP contribution in [0.25, 0.3) is 94.7 Å². The maximum absolute atomic E-state index is 5.48. The molecule has 262 valence electrons. The molecule has 6 heterocycles. The summed E-state index contributed by atoms with van der Waals surface area (Å²) in [6.45, 7) is 6.70. The molecule has 0 aliphatic rings. The third kappa shape index (κ3) is 4.13. The zero-order chi connectivity index (χ0) is 36.6. The molecule has 6 aromatic carbocycles. The van der Waals surface area contributed by atoms with Gasteiger partial charge < -0.3 is 0 Å². The first-order valence-electron chi connectivity index (χ1n) is 18.7. The summed E-state index contributed by atoms with van der Waals surface area (Å²) >= 11 is 0. The third-order valence-electron chi connectivity index (χ3n) is 11.2. The minimum absolute atomic E-state index is 0.230. The summed E-state index contributed by atoms with van der Waals surface area (Å²) in [6, 6.07) is 53.8. The van der Waals surface area contributed by atoms with Crippen molar-refractivity contribution in [1.82, 2.24) is 37.5 Å². The van der Waals surface area contributed by atoms with Crippen molar-refractivity contribution in [3.05, 3.63) is 157 Å². The van der Waals surface area contributed by atoms with E-state index in [2.05, 4.69) is 195 Å². The molecule has 12 aromatic rings.